The van der Waals surface area contributed by atoms with Crippen LogP contribution in [0.4, 0.5) is 0 Å². The van der Waals surface area contributed by atoms with Gasteiger partial charge >= 0.3 is 0 Å². The summed E-state index contributed by atoms with van der Waals surface area (Å²) in [6.45, 7) is 0.296. The van der Waals surface area contributed by atoms with Crippen LogP contribution < -0.4 is 11.2 Å². The molecule has 0 fully saturated rings. The number of nitrogens with two attached hydrogens (primary N) is 1. The van der Waals surface area contributed by atoms with Gasteiger partial charge in [0.1, 0.15) is 5.75 Å². The zero-order chi connectivity index (χ0) is 8.97. The molecule has 4 heteroatoms. The molecule has 12 heavy (non-hydrogen) atoms. The molecule has 0 spiro atoms. The lowest BCUT2D eigenvalue weighted by atomic mass is 10.1. The van der Waals surface area contributed by atoms with Gasteiger partial charge in [-0.15, -0.1) is 0 Å². The number of hydrogen-bond donors (Lipinski definition) is 4. The van der Waals surface area contributed by atoms with Crippen molar-refractivity contribution < 1.29 is 10.3 Å². The van der Waals surface area contributed by atoms with E-state index < -0.39 is 0 Å². The highest BCUT2D eigenvalue weighted by Gasteiger charge is 2.03. The zero-order valence-electron chi connectivity index (χ0n) is 6.57. The minimum atomic E-state index is -0.254. The number of phenolic OH excluding ortho intramolecular Hbond substituents is 1. The summed E-state index contributed by atoms with van der Waals surface area (Å²) in [4.78, 5) is 0. The Kier molecular flexibility index (Phi) is 3.04. The van der Waals surface area contributed by atoms with E-state index in [1.807, 2.05) is 5.48 Å². The number of nitrogens with one attached hydrogen (secondary N) is 1. The van der Waals surface area contributed by atoms with Crippen LogP contribution in [-0.4, -0.2) is 16.9 Å². The average molecular weight is 168 g/mol. The first kappa shape index (κ1) is 8.99. The molecule has 1 rings (SSSR count). The molecule has 0 saturated carbocycles. The quantitative estimate of drug-likeness (QED) is 0.492. The van der Waals surface area contributed by atoms with Crippen molar-refractivity contribution in [2.45, 2.75) is 6.04 Å². The highest BCUT2D eigenvalue weighted by atomic mass is 16.5. The van der Waals surface area contributed by atoms with Gasteiger partial charge in [0.2, 0.25) is 0 Å². The van der Waals surface area contributed by atoms with Gasteiger partial charge in [0.05, 0.1) is 0 Å². The summed E-state index contributed by atoms with van der Waals surface area (Å²) in [5, 5.41) is 17.3. The van der Waals surface area contributed by atoms with Crippen molar-refractivity contribution in [2.24, 2.45) is 5.73 Å². The van der Waals surface area contributed by atoms with E-state index in [1.54, 1.807) is 24.3 Å². The van der Waals surface area contributed by atoms with Gasteiger partial charge in [-0.25, -0.2) is 5.48 Å². The maximum Gasteiger partial charge on any atom is 0.115 e. The lowest BCUT2D eigenvalue weighted by Gasteiger charge is -2.09. The number of phenols is 1. The molecule has 0 aliphatic rings. The highest BCUT2D eigenvalue weighted by Crippen LogP contribution is 2.14. The first-order valence-electron chi connectivity index (χ1n) is 3.65. The van der Waals surface area contributed by atoms with E-state index in [1.165, 1.54) is 0 Å². The van der Waals surface area contributed by atoms with E-state index in [2.05, 4.69) is 0 Å². The van der Waals surface area contributed by atoms with Crippen LogP contribution in [0.25, 0.3) is 0 Å². The van der Waals surface area contributed by atoms with Crippen molar-refractivity contribution in [1.29, 1.82) is 0 Å². The van der Waals surface area contributed by atoms with Crippen molar-refractivity contribution in [3.8, 4) is 5.75 Å². The van der Waals surface area contributed by atoms with Gasteiger partial charge in [-0.1, -0.05) is 12.1 Å². The van der Waals surface area contributed by atoms with Crippen LogP contribution in [0, 0.1) is 0 Å². The van der Waals surface area contributed by atoms with Crippen LogP contribution in [0.2, 0.25) is 0 Å². The second kappa shape index (κ2) is 4.06. The van der Waals surface area contributed by atoms with Gasteiger partial charge in [0.15, 0.2) is 0 Å². The number of benzene rings is 1. The fourth-order valence-electron chi connectivity index (χ4n) is 0.938. The lowest BCUT2D eigenvalue weighted by Crippen LogP contribution is -2.24. The van der Waals surface area contributed by atoms with Gasteiger partial charge in [-0.05, 0) is 17.7 Å². The fourth-order valence-corrected chi connectivity index (χ4v) is 0.938. The van der Waals surface area contributed by atoms with Crippen LogP contribution in [-0.2, 0) is 0 Å². The normalized spacial score (nSPS) is 12.8. The predicted molar refractivity (Wildman–Crippen MR) is 44.8 cm³/mol. The SMILES string of the molecule is NC(CNO)c1ccc(O)cc1. The second-order valence-electron chi connectivity index (χ2n) is 2.56. The minimum absolute atomic E-state index is 0.211. The summed E-state index contributed by atoms with van der Waals surface area (Å²) in [6.07, 6.45) is 0. The van der Waals surface area contributed by atoms with Crippen molar-refractivity contribution in [3.63, 3.8) is 0 Å². The van der Waals surface area contributed by atoms with Crippen molar-refractivity contribution >= 4 is 0 Å². The molecule has 66 valence electrons. The zero-order valence-corrected chi connectivity index (χ0v) is 6.57. The molecule has 0 aromatic heterocycles. The number of hydrogen-bond acceptors (Lipinski definition) is 4. The Balaban J connectivity index is 2.68. The standard InChI is InChI=1S/C8H12N2O2/c9-8(5-10-12)6-1-3-7(11)4-2-6/h1-4,8,10-12H,5,9H2. The van der Waals surface area contributed by atoms with Crippen LogP contribution in [0.5, 0.6) is 5.75 Å². The van der Waals surface area contributed by atoms with E-state index in [0.717, 1.165) is 5.56 Å². The van der Waals surface area contributed by atoms with E-state index in [4.69, 9.17) is 16.0 Å². The lowest BCUT2D eigenvalue weighted by molar-refractivity contribution is 0.160. The third kappa shape index (κ3) is 2.20. The highest BCUT2D eigenvalue weighted by molar-refractivity contribution is 5.27. The number of hydroxylamine groups is 1. The van der Waals surface area contributed by atoms with Gasteiger partial charge < -0.3 is 16.0 Å². The topological polar surface area (TPSA) is 78.5 Å². The fraction of sp³-hybridized carbons (Fsp3) is 0.250. The number of rotatable bonds is 3. The Morgan fingerprint density at radius 2 is 1.92 bits per heavy atom. The molecule has 5 N–H and O–H groups in total. The van der Waals surface area contributed by atoms with E-state index >= 15 is 0 Å². The van der Waals surface area contributed by atoms with Crippen LogP contribution >= 0.6 is 0 Å². The van der Waals surface area contributed by atoms with Gasteiger partial charge in [-0.3, -0.25) is 0 Å². The summed E-state index contributed by atoms with van der Waals surface area (Å²) in [6, 6.07) is 6.31. The first-order chi connectivity index (χ1) is 5.74. The molecule has 0 heterocycles. The van der Waals surface area contributed by atoms with Gasteiger partial charge in [0, 0.05) is 12.6 Å². The molecule has 1 aromatic rings. The summed E-state index contributed by atoms with van der Waals surface area (Å²) in [7, 11) is 0. The summed E-state index contributed by atoms with van der Waals surface area (Å²) in [5.74, 6) is 0.211. The van der Waals surface area contributed by atoms with E-state index in [-0.39, 0.29) is 11.8 Å². The Labute approximate surface area is 70.6 Å². The molecule has 1 unspecified atom stereocenters. The number of aromatic hydroxyl groups is 1. The minimum Gasteiger partial charge on any atom is -0.508 e. The van der Waals surface area contributed by atoms with Gasteiger partial charge in [0.25, 0.3) is 0 Å². The Morgan fingerprint density at radius 3 is 2.42 bits per heavy atom. The molecule has 0 bridgehead atoms. The molecule has 0 aliphatic heterocycles. The Bertz CT molecular complexity index is 235. The average Bonchev–Trinajstić information content (AvgIpc) is 2.06. The Morgan fingerprint density at radius 1 is 1.33 bits per heavy atom. The monoisotopic (exact) mass is 168 g/mol. The first-order valence-corrected chi connectivity index (χ1v) is 3.65. The molecule has 0 saturated heterocycles. The maximum absolute atomic E-state index is 8.96. The largest absolute Gasteiger partial charge is 0.508 e. The molecule has 4 nitrogen and oxygen atoms in total. The van der Waals surface area contributed by atoms with Crippen LogP contribution in [0.1, 0.15) is 11.6 Å². The molecular formula is C8H12N2O2. The van der Waals surface area contributed by atoms with Crippen molar-refractivity contribution in [1.82, 2.24) is 5.48 Å². The smallest absolute Gasteiger partial charge is 0.115 e. The molecular weight excluding hydrogens is 156 g/mol. The predicted octanol–water partition coefficient (Wildman–Crippen LogP) is 0.371. The molecule has 1 aromatic carbocycles. The molecule has 1 atom stereocenters. The van der Waals surface area contributed by atoms with Crippen molar-refractivity contribution in [2.75, 3.05) is 6.54 Å². The summed E-state index contributed by atoms with van der Waals surface area (Å²) in [5.41, 5.74) is 8.51. The van der Waals surface area contributed by atoms with Crippen molar-refractivity contribution in [3.05, 3.63) is 29.8 Å². The van der Waals surface area contributed by atoms with Crippen LogP contribution in [0.15, 0.2) is 24.3 Å². The molecule has 0 radical (unpaired) electrons. The molecule has 0 aliphatic carbocycles. The Hall–Kier alpha value is -1.10. The second-order valence-corrected chi connectivity index (χ2v) is 2.56. The maximum atomic E-state index is 8.96. The van der Waals surface area contributed by atoms with Crippen LogP contribution in [0.3, 0.4) is 0 Å². The van der Waals surface area contributed by atoms with E-state index in [0.29, 0.717) is 6.54 Å². The third-order valence-corrected chi connectivity index (χ3v) is 1.63. The summed E-state index contributed by atoms with van der Waals surface area (Å²) < 4.78 is 0. The summed E-state index contributed by atoms with van der Waals surface area (Å²) >= 11 is 0. The van der Waals surface area contributed by atoms with E-state index in [9.17, 15) is 0 Å². The molecule has 0 amide bonds. The van der Waals surface area contributed by atoms with Gasteiger partial charge in [-0.2, -0.15) is 0 Å². The third-order valence-electron chi connectivity index (χ3n) is 1.63.